The van der Waals surface area contributed by atoms with Gasteiger partial charge in [0.05, 0.1) is 0 Å². The minimum absolute atomic E-state index is 0.124. The molecular formula is C19H26N2O3. The second-order valence-corrected chi connectivity index (χ2v) is 7.40. The molecule has 5 nitrogen and oxygen atoms in total. The highest BCUT2D eigenvalue weighted by Crippen LogP contribution is 2.50. The molecule has 1 aromatic rings. The number of hydrogen-bond donors (Lipinski definition) is 1. The van der Waals surface area contributed by atoms with E-state index in [4.69, 9.17) is 15.2 Å². The van der Waals surface area contributed by atoms with Crippen LogP contribution in [0.4, 0.5) is 0 Å². The molecule has 1 saturated carbocycles. The van der Waals surface area contributed by atoms with Crippen LogP contribution in [0.1, 0.15) is 37.7 Å². The van der Waals surface area contributed by atoms with Gasteiger partial charge in [-0.3, -0.25) is 4.79 Å². The Bertz CT molecular complexity index is 631. The van der Waals surface area contributed by atoms with Gasteiger partial charge in [-0.15, -0.1) is 0 Å². The van der Waals surface area contributed by atoms with E-state index in [0.29, 0.717) is 31.0 Å². The van der Waals surface area contributed by atoms with Crippen LogP contribution in [0.2, 0.25) is 0 Å². The number of hydrogen-bond acceptors (Lipinski definition) is 4. The summed E-state index contributed by atoms with van der Waals surface area (Å²) >= 11 is 0. The zero-order chi connectivity index (χ0) is 16.7. The molecule has 2 heterocycles. The summed E-state index contributed by atoms with van der Waals surface area (Å²) in [6.45, 7) is 4.95. The zero-order valence-electron chi connectivity index (χ0n) is 14.2. The second-order valence-electron chi connectivity index (χ2n) is 7.40. The highest BCUT2D eigenvalue weighted by molar-refractivity contribution is 5.83. The van der Waals surface area contributed by atoms with Gasteiger partial charge >= 0.3 is 0 Å². The normalized spacial score (nSPS) is 29.9. The predicted octanol–water partition coefficient (Wildman–Crippen LogP) is 2.15. The molecule has 0 bridgehead atoms. The number of nitrogens with zero attached hydrogens (tertiary/aromatic N) is 1. The van der Waals surface area contributed by atoms with Crippen molar-refractivity contribution in [1.29, 1.82) is 0 Å². The van der Waals surface area contributed by atoms with Gasteiger partial charge in [0.1, 0.15) is 13.2 Å². The number of likely N-dealkylation sites (tertiary alicyclic amines) is 1. The third-order valence-corrected chi connectivity index (χ3v) is 5.62. The number of rotatable bonds is 3. The van der Waals surface area contributed by atoms with E-state index in [9.17, 15) is 4.79 Å². The lowest BCUT2D eigenvalue weighted by Crippen LogP contribution is -2.45. The quantitative estimate of drug-likeness (QED) is 0.922. The van der Waals surface area contributed by atoms with Crippen LogP contribution >= 0.6 is 0 Å². The first kappa shape index (κ1) is 15.8. The molecule has 1 aromatic carbocycles. The van der Waals surface area contributed by atoms with Crippen molar-refractivity contribution in [2.75, 3.05) is 26.3 Å². The molecule has 130 valence electrons. The van der Waals surface area contributed by atoms with Crippen molar-refractivity contribution in [2.24, 2.45) is 17.6 Å². The van der Waals surface area contributed by atoms with Gasteiger partial charge in [0.25, 0.3) is 0 Å². The molecular weight excluding hydrogens is 304 g/mol. The number of amides is 1. The van der Waals surface area contributed by atoms with Crippen LogP contribution in [0.25, 0.3) is 0 Å². The average molecular weight is 330 g/mol. The molecule has 0 unspecified atom stereocenters. The van der Waals surface area contributed by atoms with E-state index in [1.54, 1.807) is 0 Å². The van der Waals surface area contributed by atoms with Gasteiger partial charge in [0, 0.05) is 25.0 Å². The van der Waals surface area contributed by atoms with Gasteiger partial charge in [-0.1, -0.05) is 6.07 Å². The summed E-state index contributed by atoms with van der Waals surface area (Å²) in [5.41, 5.74) is 7.23. The third-order valence-electron chi connectivity index (χ3n) is 5.62. The van der Waals surface area contributed by atoms with E-state index in [-0.39, 0.29) is 12.0 Å². The number of carbonyl (C=O) groups is 1. The van der Waals surface area contributed by atoms with E-state index in [0.717, 1.165) is 43.9 Å². The van der Waals surface area contributed by atoms with Crippen molar-refractivity contribution in [1.82, 2.24) is 4.90 Å². The fraction of sp³-hybridized carbons (Fsp3) is 0.632. The van der Waals surface area contributed by atoms with Crippen molar-refractivity contribution in [2.45, 2.75) is 38.1 Å². The number of benzene rings is 1. The van der Waals surface area contributed by atoms with Crippen molar-refractivity contribution < 1.29 is 14.3 Å². The second kappa shape index (κ2) is 6.28. The van der Waals surface area contributed by atoms with Crippen LogP contribution in [0, 0.1) is 11.8 Å². The Morgan fingerprint density at radius 3 is 2.88 bits per heavy atom. The molecule has 4 rings (SSSR count). The van der Waals surface area contributed by atoms with Crippen molar-refractivity contribution in [3.8, 4) is 11.5 Å². The van der Waals surface area contributed by atoms with E-state index in [2.05, 4.69) is 6.07 Å². The Hall–Kier alpha value is -1.75. The molecule has 1 amide bonds. The van der Waals surface area contributed by atoms with Crippen LogP contribution < -0.4 is 15.2 Å². The number of nitrogens with two attached hydrogens (primary N) is 1. The monoisotopic (exact) mass is 330 g/mol. The minimum atomic E-state index is 0.124. The summed E-state index contributed by atoms with van der Waals surface area (Å²) < 4.78 is 11.2. The lowest BCUT2D eigenvalue weighted by molar-refractivity contribution is -0.134. The van der Waals surface area contributed by atoms with Gasteiger partial charge in [-0.05, 0) is 55.7 Å². The van der Waals surface area contributed by atoms with Gasteiger partial charge < -0.3 is 20.1 Å². The van der Waals surface area contributed by atoms with Crippen LogP contribution in [0.15, 0.2) is 18.2 Å². The molecule has 0 aromatic heterocycles. The standard InChI is InChI=1S/C19H26N2O3/c1-12(20)14-3-2-6-21(11-14)19(22)16-10-15(16)13-4-5-17-18(9-13)24-8-7-23-17/h4-5,9,12,14-16H,2-3,6-8,10-11,20H2,1H3/t12-,14+,15+,16-/m0/s1. The van der Waals surface area contributed by atoms with Crippen LogP contribution in [-0.4, -0.2) is 43.2 Å². The van der Waals surface area contributed by atoms with E-state index >= 15 is 0 Å². The fourth-order valence-electron chi connectivity index (χ4n) is 4.00. The highest BCUT2D eigenvalue weighted by Gasteiger charge is 2.46. The van der Waals surface area contributed by atoms with Gasteiger partial charge in [0.2, 0.25) is 5.91 Å². The fourth-order valence-corrected chi connectivity index (χ4v) is 4.00. The molecule has 1 aliphatic carbocycles. The Kier molecular flexibility index (Phi) is 4.12. The average Bonchev–Trinajstić information content (AvgIpc) is 3.41. The number of ether oxygens (including phenoxy) is 2. The van der Waals surface area contributed by atoms with Crippen LogP contribution in [-0.2, 0) is 4.79 Å². The maximum absolute atomic E-state index is 12.8. The Labute approximate surface area is 143 Å². The Balaban J connectivity index is 1.41. The molecule has 0 spiro atoms. The maximum atomic E-state index is 12.8. The molecule has 24 heavy (non-hydrogen) atoms. The van der Waals surface area contributed by atoms with Crippen LogP contribution in [0.3, 0.4) is 0 Å². The molecule has 0 radical (unpaired) electrons. The summed E-state index contributed by atoms with van der Waals surface area (Å²) in [7, 11) is 0. The molecule has 2 N–H and O–H groups in total. The third kappa shape index (κ3) is 2.97. The highest BCUT2D eigenvalue weighted by atomic mass is 16.6. The molecule has 1 saturated heterocycles. The number of carbonyl (C=O) groups excluding carboxylic acids is 1. The number of piperidine rings is 1. The number of fused-ring (bicyclic) bond motifs is 1. The SMILES string of the molecule is C[C@H](N)[C@@H]1CCCN(C(=O)[C@H]2C[C@@H]2c2ccc3c(c2)OCCO3)C1. The molecule has 2 aliphatic heterocycles. The maximum Gasteiger partial charge on any atom is 0.226 e. The Morgan fingerprint density at radius 1 is 1.29 bits per heavy atom. The lowest BCUT2D eigenvalue weighted by Gasteiger charge is -2.35. The van der Waals surface area contributed by atoms with E-state index in [1.807, 2.05) is 24.0 Å². The lowest BCUT2D eigenvalue weighted by atomic mass is 9.92. The smallest absolute Gasteiger partial charge is 0.226 e. The first-order valence-electron chi connectivity index (χ1n) is 9.07. The molecule has 3 aliphatic rings. The van der Waals surface area contributed by atoms with Gasteiger partial charge in [-0.2, -0.15) is 0 Å². The van der Waals surface area contributed by atoms with Crippen molar-refractivity contribution >= 4 is 5.91 Å². The Morgan fingerprint density at radius 2 is 2.08 bits per heavy atom. The topological polar surface area (TPSA) is 64.8 Å². The first-order valence-corrected chi connectivity index (χ1v) is 9.07. The van der Waals surface area contributed by atoms with E-state index < -0.39 is 0 Å². The summed E-state index contributed by atoms with van der Waals surface area (Å²) in [6, 6.07) is 6.25. The van der Waals surface area contributed by atoms with E-state index in [1.165, 1.54) is 5.56 Å². The van der Waals surface area contributed by atoms with Gasteiger partial charge in [-0.25, -0.2) is 0 Å². The summed E-state index contributed by atoms with van der Waals surface area (Å²) in [6.07, 6.45) is 3.15. The first-order chi connectivity index (χ1) is 11.6. The van der Waals surface area contributed by atoms with Gasteiger partial charge in [0.15, 0.2) is 11.5 Å². The molecule has 2 fully saturated rings. The zero-order valence-corrected chi connectivity index (χ0v) is 14.2. The predicted molar refractivity (Wildman–Crippen MR) is 91.2 cm³/mol. The minimum Gasteiger partial charge on any atom is -0.486 e. The van der Waals surface area contributed by atoms with Crippen molar-refractivity contribution in [3.05, 3.63) is 23.8 Å². The van der Waals surface area contributed by atoms with Crippen LogP contribution in [0.5, 0.6) is 11.5 Å². The largest absolute Gasteiger partial charge is 0.486 e. The summed E-state index contributed by atoms with van der Waals surface area (Å²) in [5.74, 6) is 2.81. The molecule has 5 heteroatoms. The summed E-state index contributed by atoms with van der Waals surface area (Å²) in [5, 5.41) is 0. The van der Waals surface area contributed by atoms with Crippen molar-refractivity contribution in [3.63, 3.8) is 0 Å². The summed E-state index contributed by atoms with van der Waals surface area (Å²) in [4.78, 5) is 14.9. The molecule has 4 atom stereocenters.